The van der Waals surface area contributed by atoms with Crippen LogP contribution in [0.3, 0.4) is 0 Å². The fraction of sp³-hybridized carbons (Fsp3) is 1.00. The van der Waals surface area contributed by atoms with Gasteiger partial charge in [0.25, 0.3) is 0 Å². The molecule has 2 N–H and O–H groups in total. The van der Waals surface area contributed by atoms with Crippen molar-refractivity contribution in [3.63, 3.8) is 0 Å². The Morgan fingerprint density at radius 1 is 1.14 bits per heavy atom. The fourth-order valence-electron chi connectivity index (χ4n) is 2.69. The first-order chi connectivity index (χ1) is 6.46. The zero-order valence-corrected chi connectivity index (χ0v) is 9.98. The molecular formula is C12H24N2. The molecule has 0 atom stereocenters. The number of hydrogen-bond donors (Lipinski definition) is 2. The second kappa shape index (κ2) is 3.21. The maximum absolute atomic E-state index is 3.71. The van der Waals surface area contributed by atoms with Crippen LogP contribution in [0.15, 0.2) is 0 Å². The lowest BCUT2D eigenvalue weighted by molar-refractivity contribution is 0.319. The number of rotatable bonds is 4. The lowest BCUT2D eigenvalue weighted by Gasteiger charge is -2.27. The minimum absolute atomic E-state index is 0.491. The Labute approximate surface area is 87.8 Å². The highest BCUT2D eigenvalue weighted by atomic mass is 15.0. The second-order valence-corrected chi connectivity index (χ2v) is 6.14. The molecule has 0 aromatic heterocycles. The Morgan fingerprint density at radius 2 is 1.71 bits per heavy atom. The van der Waals surface area contributed by atoms with E-state index in [1.54, 1.807) is 0 Å². The van der Waals surface area contributed by atoms with Crippen molar-refractivity contribution in [3.05, 3.63) is 0 Å². The predicted molar refractivity (Wildman–Crippen MR) is 60.3 cm³/mol. The third-order valence-electron chi connectivity index (χ3n) is 4.79. The molecule has 2 heteroatoms. The summed E-state index contributed by atoms with van der Waals surface area (Å²) in [7, 11) is 0. The summed E-state index contributed by atoms with van der Waals surface area (Å²) in [6.07, 6.45) is 1.34. The van der Waals surface area contributed by atoms with Crippen molar-refractivity contribution in [2.45, 2.75) is 40.2 Å². The van der Waals surface area contributed by atoms with Crippen LogP contribution in [0.2, 0.25) is 0 Å². The predicted octanol–water partition coefficient (Wildman–Crippen LogP) is 1.62. The Balaban J connectivity index is 1.67. The van der Waals surface area contributed by atoms with E-state index < -0.39 is 0 Å². The third-order valence-corrected chi connectivity index (χ3v) is 4.79. The summed E-state index contributed by atoms with van der Waals surface area (Å²) in [6.45, 7) is 13.2. The Hall–Kier alpha value is -0.0800. The van der Waals surface area contributed by atoms with Gasteiger partial charge in [0.1, 0.15) is 0 Å². The second-order valence-electron chi connectivity index (χ2n) is 6.14. The van der Waals surface area contributed by atoms with E-state index in [2.05, 4.69) is 38.3 Å². The smallest absolute Gasteiger partial charge is 0.0181 e. The molecule has 82 valence electrons. The standard InChI is InChI=1S/C12H24N2/c1-11(2)10(12(11,3)4)14-6-5-9-7-13-8-9/h9-10,13-14H,5-8H2,1-4H3. The highest BCUT2D eigenvalue weighted by Crippen LogP contribution is 2.62. The van der Waals surface area contributed by atoms with Crippen molar-refractivity contribution in [2.24, 2.45) is 16.7 Å². The number of hydrogen-bond acceptors (Lipinski definition) is 2. The molecule has 0 aromatic carbocycles. The normalized spacial score (nSPS) is 30.0. The highest BCUT2D eigenvalue weighted by molar-refractivity contribution is 5.17. The Kier molecular flexibility index (Phi) is 2.39. The van der Waals surface area contributed by atoms with Gasteiger partial charge >= 0.3 is 0 Å². The van der Waals surface area contributed by atoms with E-state index >= 15 is 0 Å². The zero-order chi connectivity index (χ0) is 10.4. The zero-order valence-electron chi connectivity index (χ0n) is 9.98. The maximum Gasteiger partial charge on any atom is 0.0181 e. The van der Waals surface area contributed by atoms with E-state index in [4.69, 9.17) is 0 Å². The summed E-state index contributed by atoms with van der Waals surface area (Å²) in [5.41, 5.74) is 0.982. The Bertz CT molecular complexity index is 202. The SMILES string of the molecule is CC1(C)C(NCCC2CNC2)C1(C)C. The van der Waals surface area contributed by atoms with E-state index in [9.17, 15) is 0 Å². The molecule has 0 spiro atoms. The third kappa shape index (κ3) is 1.49. The van der Waals surface area contributed by atoms with Crippen LogP contribution in [0.5, 0.6) is 0 Å². The van der Waals surface area contributed by atoms with Gasteiger partial charge in [0.2, 0.25) is 0 Å². The molecule has 2 fully saturated rings. The molecule has 1 aliphatic heterocycles. The van der Waals surface area contributed by atoms with E-state index in [0.29, 0.717) is 10.8 Å². The molecule has 1 heterocycles. The molecular weight excluding hydrogens is 172 g/mol. The molecule has 0 aromatic rings. The van der Waals surface area contributed by atoms with Crippen molar-refractivity contribution >= 4 is 0 Å². The van der Waals surface area contributed by atoms with E-state index in [1.165, 1.54) is 26.1 Å². The summed E-state index contributed by atoms with van der Waals surface area (Å²) in [6, 6.07) is 0.725. The van der Waals surface area contributed by atoms with Gasteiger partial charge in [0.15, 0.2) is 0 Å². The minimum atomic E-state index is 0.491. The summed E-state index contributed by atoms with van der Waals surface area (Å²) in [5, 5.41) is 7.03. The minimum Gasteiger partial charge on any atom is -0.316 e. The maximum atomic E-state index is 3.71. The van der Waals surface area contributed by atoms with Crippen LogP contribution in [-0.4, -0.2) is 25.7 Å². The molecule has 2 nitrogen and oxygen atoms in total. The van der Waals surface area contributed by atoms with Crippen LogP contribution < -0.4 is 10.6 Å². The van der Waals surface area contributed by atoms with Crippen molar-refractivity contribution in [1.82, 2.24) is 10.6 Å². The van der Waals surface area contributed by atoms with Gasteiger partial charge in [-0.3, -0.25) is 0 Å². The van der Waals surface area contributed by atoms with E-state index in [0.717, 1.165) is 12.0 Å². The molecule has 14 heavy (non-hydrogen) atoms. The molecule has 0 radical (unpaired) electrons. The average Bonchev–Trinajstić information content (AvgIpc) is 2.35. The Morgan fingerprint density at radius 3 is 2.07 bits per heavy atom. The summed E-state index contributed by atoms with van der Waals surface area (Å²) >= 11 is 0. The molecule has 0 amide bonds. The topological polar surface area (TPSA) is 24.1 Å². The van der Waals surface area contributed by atoms with Crippen molar-refractivity contribution in [3.8, 4) is 0 Å². The first kappa shape index (κ1) is 10.4. The van der Waals surface area contributed by atoms with Gasteiger partial charge in [-0.1, -0.05) is 27.7 Å². The van der Waals surface area contributed by atoms with Crippen LogP contribution in [0.1, 0.15) is 34.1 Å². The highest BCUT2D eigenvalue weighted by Gasteiger charge is 2.64. The molecule has 1 aliphatic carbocycles. The molecule has 2 aliphatic rings. The summed E-state index contributed by atoms with van der Waals surface area (Å²) in [4.78, 5) is 0. The molecule has 1 saturated heterocycles. The largest absolute Gasteiger partial charge is 0.316 e. The van der Waals surface area contributed by atoms with Gasteiger partial charge in [-0.15, -0.1) is 0 Å². The van der Waals surface area contributed by atoms with Crippen molar-refractivity contribution in [2.75, 3.05) is 19.6 Å². The van der Waals surface area contributed by atoms with Gasteiger partial charge in [0, 0.05) is 6.04 Å². The molecule has 0 bridgehead atoms. The lowest BCUT2D eigenvalue weighted by Crippen LogP contribution is -2.43. The van der Waals surface area contributed by atoms with Gasteiger partial charge in [0.05, 0.1) is 0 Å². The summed E-state index contributed by atoms with van der Waals surface area (Å²) in [5.74, 6) is 0.937. The van der Waals surface area contributed by atoms with Crippen molar-refractivity contribution in [1.29, 1.82) is 0 Å². The van der Waals surface area contributed by atoms with E-state index in [1.807, 2.05) is 0 Å². The van der Waals surface area contributed by atoms with Crippen LogP contribution in [0.25, 0.3) is 0 Å². The van der Waals surface area contributed by atoms with Gasteiger partial charge in [-0.2, -0.15) is 0 Å². The van der Waals surface area contributed by atoms with Crippen molar-refractivity contribution < 1.29 is 0 Å². The van der Waals surface area contributed by atoms with Crippen LogP contribution >= 0.6 is 0 Å². The fourth-order valence-corrected chi connectivity index (χ4v) is 2.69. The van der Waals surface area contributed by atoms with Gasteiger partial charge in [-0.25, -0.2) is 0 Å². The lowest BCUT2D eigenvalue weighted by atomic mass is 9.99. The molecule has 2 rings (SSSR count). The average molecular weight is 196 g/mol. The monoisotopic (exact) mass is 196 g/mol. The van der Waals surface area contributed by atoms with Crippen LogP contribution in [-0.2, 0) is 0 Å². The van der Waals surface area contributed by atoms with E-state index in [-0.39, 0.29) is 0 Å². The van der Waals surface area contributed by atoms with Gasteiger partial charge in [-0.05, 0) is 42.8 Å². The quantitative estimate of drug-likeness (QED) is 0.714. The van der Waals surface area contributed by atoms with Gasteiger partial charge < -0.3 is 10.6 Å². The molecule has 0 unspecified atom stereocenters. The first-order valence-corrected chi connectivity index (χ1v) is 5.90. The number of nitrogens with one attached hydrogen (secondary N) is 2. The van der Waals surface area contributed by atoms with Crippen LogP contribution in [0, 0.1) is 16.7 Å². The summed E-state index contributed by atoms with van der Waals surface area (Å²) < 4.78 is 0. The van der Waals surface area contributed by atoms with Crippen LogP contribution in [0.4, 0.5) is 0 Å². The first-order valence-electron chi connectivity index (χ1n) is 5.90. The molecule has 1 saturated carbocycles.